The minimum atomic E-state index is 0.177. The van der Waals surface area contributed by atoms with Gasteiger partial charge in [-0.25, -0.2) is 4.79 Å². The fraction of sp³-hybridized carbons (Fsp3) is 0.588. The Bertz CT molecular complexity index is 697. The number of imidazole rings is 1. The first-order chi connectivity index (χ1) is 9.78. The maximum Gasteiger partial charge on any atom is 0.329 e. The van der Waals surface area contributed by atoms with Crippen molar-refractivity contribution in [1.29, 1.82) is 0 Å². The van der Waals surface area contributed by atoms with Crippen molar-refractivity contribution < 1.29 is 0 Å². The molecule has 0 saturated heterocycles. The summed E-state index contributed by atoms with van der Waals surface area (Å²) in [6, 6.07) is 8.22. The molecule has 2 saturated carbocycles. The Balaban J connectivity index is 1.76. The summed E-state index contributed by atoms with van der Waals surface area (Å²) in [5.41, 5.74) is 2.38. The van der Waals surface area contributed by atoms with E-state index in [1.54, 1.807) is 0 Å². The molecule has 20 heavy (non-hydrogen) atoms. The summed E-state index contributed by atoms with van der Waals surface area (Å²) in [4.78, 5) is 12.6. The molecular weight excluding hydrogens is 248 g/mol. The van der Waals surface area contributed by atoms with E-state index >= 15 is 0 Å². The molecule has 0 N–H and O–H groups in total. The van der Waals surface area contributed by atoms with Gasteiger partial charge in [-0.15, -0.1) is 0 Å². The molecule has 2 aliphatic carbocycles. The smallest absolute Gasteiger partial charge is 0.292 e. The fourth-order valence-corrected chi connectivity index (χ4v) is 4.59. The van der Waals surface area contributed by atoms with Crippen LogP contribution in [0.3, 0.4) is 0 Å². The average Bonchev–Trinajstić information content (AvgIpc) is 3.14. The van der Waals surface area contributed by atoms with Crippen LogP contribution >= 0.6 is 0 Å². The van der Waals surface area contributed by atoms with Gasteiger partial charge in [0.25, 0.3) is 0 Å². The third-order valence-corrected chi connectivity index (χ3v) is 5.54. The Hall–Kier alpha value is -1.51. The van der Waals surface area contributed by atoms with Crippen LogP contribution in [-0.4, -0.2) is 9.13 Å². The highest BCUT2D eigenvalue weighted by atomic mass is 16.1. The molecule has 106 valence electrons. The molecule has 0 aliphatic heterocycles. The van der Waals surface area contributed by atoms with Gasteiger partial charge in [0.05, 0.1) is 11.0 Å². The van der Waals surface area contributed by atoms with E-state index in [4.69, 9.17) is 0 Å². The molecule has 2 aromatic rings. The SMILES string of the molecule is CCn1c(=O)n(CC2CC3CCC2C3)c2ccccc21. The van der Waals surface area contributed by atoms with E-state index in [0.29, 0.717) is 0 Å². The molecule has 3 heteroatoms. The Labute approximate surface area is 119 Å². The summed E-state index contributed by atoms with van der Waals surface area (Å²) >= 11 is 0. The van der Waals surface area contributed by atoms with E-state index in [2.05, 4.69) is 19.1 Å². The van der Waals surface area contributed by atoms with Crippen molar-refractivity contribution in [3.05, 3.63) is 34.7 Å². The molecular formula is C17H22N2O. The summed E-state index contributed by atoms with van der Waals surface area (Å²) in [6.45, 7) is 3.73. The summed E-state index contributed by atoms with van der Waals surface area (Å²) in [5, 5.41) is 0. The second-order valence-corrected chi connectivity index (χ2v) is 6.56. The van der Waals surface area contributed by atoms with E-state index in [-0.39, 0.29) is 5.69 Å². The zero-order valence-corrected chi connectivity index (χ0v) is 12.1. The van der Waals surface area contributed by atoms with Crippen LogP contribution in [0.1, 0.15) is 32.6 Å². The van der Waals surface area contributed by atoms with Gasteiger partial charge in [-0.2, -0.15) is 0 Å². The summed E-state index contributed by atoms with van der Waals surface area (Å²) in [5.74, 6) is 2.54. The molecule has 1 heterocycles. The number of hydrogen-bond acceptors (Lipinski definition) is 1. The highest BCUT2D eigenvalue weighted by Gasteiger charge is 2.39. The van der Waals surface area contributed by atoms with Gasteiger partial charge in [0.2, 0.25) is 0 Å². The zero-order valence-electron chi connectivity index (χ0n) is 12.1. The Kier molecular flexibility index (Phi) is 2.76. The molecule has 0 spiro atoms. The highest BCUT2D eigenvalue weighted by molar-refractivity contribution is 5.75. The molecule has 4 rings (SSSR count). The Morgan fingerprint density at radius 1 is 1.10 bits per heavy atom. The van der Waals surface area contributed by atoms with Gasteiger partial charge in [0.1, 0.15) is 0 Å². The largest absolute Gasteiger partial charge is 0.329 e. The van der Waals surface area contributed by atoms with Crippen LogP contribution in [0, 0.1) is 17.8 Å². The number of fused-ring (bicyclic) bond motifs is 3. The number of aromatic nitrogens is 2. The molecule has 0 radical (unpaired) electrons. The summed E-state index contributed by atoms with van der Waals surface area (Å²) in [6.07, 6.45) is 5.55. The van der Waals surface area contributed by atoms with Gasteiger partial charge in [-0.3, -0.25) is 9.13 Å². The van der Waals surface area contributed by atoms with Crippen LogP contribution in [0.2, 0.25) is 0 Å². The molecule has 2 aliphatic rings. The fourth-order valence-electron chi connectivity index (χ4n) is 4.59. The third kappa shape index (κ3) is 1.68. The lowest BCUT2D eigenvalue weighted by molar-refractivity contribution is 0.295. The van der Waals surface area contributed by atoms with E-state index in [1.807, 2.05) is 21.3 Å². The summed E-state index contributed by atoms with van der Waals surface area (Å²) in [7, 11) is 0. The van der Waals surface area contributed by atoms with Crippen molar-refractivity contribution in [2.75, 3.05) is 0 Å². The first kappa shape index (κ1) is 12.2. The number of nitrogens with zero attached hydrogens (tertiary/aromatic N) is 2. The predicted molar refractivity (Wildman–Crippen MR) is 80.8 cm³/mol. The van der Waals surface area contributed by atoms with Crippen LogP contribution in [-0.2, 0) is 13.1 Å². The molecule has 1 aromatic carbocycles. The van der Waals surface area contributed by atoms with Crippen molar-refractivity contribution >= 4 is 11.0 Å². The third-order valence-electron chi connectivity index (χ3n) is 5.54. The second kappa shape index (κ2) is 4.51. The van der Waals surface area contributed by atoms with Crippen LogP contribution < -0.4 is 5.69 Å². The average molecular weight is 270 g/mol. The normalized spacial score (nSPS) is 28.6. The number of rotatable bonds is 3. The van der Waals surface area contributed by atoms with Crippen LogP contribution in [0.4, 0.5) is 0 Å². The number of para-hydroxylation sites is 2. The first-order valence-electron chi connectivity index (χ1n) is 7.96. The minimum absolute atomic E-state index is 0.177. The number of benzene rings is 1. The topological polar surface area (TPSA) is 26.9 Å². The quantitative estimate of drug-likeness (QED) is 0.841. The van der Waals surface area contributed by atoms with Gasteiger partial charge >= 0.3 is 5.69 Å². The minimum Gasteiger partial charge on any atom is -0.292 e. The standard InChI is InChI=1S/C17H22N2O/c1-2-18-15-5-3-4-6-16(15)19(17(18)20)11-14-10-12-7-8-13(14)9-12/h3-6,12-14H,2,7-11H2,1H3. The van der Waals surface area contributed by atoms with Crippen molar-refractivity contribution in [2.45, 2.75) is 45.7 Å². The van der Waals surface area contributed by atoms with Gasteiger partial charge in [0, 0.05) is 13.1 Å². The van der Waals surface area contributed by atoms with Crippen LogP contribution in [0.15, 0.2) is 29.1 Å². The molecule has 2 bridgehead atoms. The van der Waals surface area contributed by atoms with Crippen LogP contribution in [0.5, 0.6) is 0 Å². The first-order valence-corrected chi connectivity index (χ1v) is 7.96. The van der Waals surface area contributed by atoms with Crippen molar-refractivity contribution in [1.82, 2.24) is 9.13 Å². The monoisotopic (exact) mass is 270 g/mol. The Morgan fingerprint density at radius 2 is 1.85 bits per heavy atom. The lowest BCUT2D eigenvalue weighted by Crippen LogP contribution is -2.28. The Morgan fingerprint density at radius 3 is 2.45 bits per heavy atom. The molecule has 0 amide bonds. The number of hydrogen-bond donors (Lipinski definition) is 0. The molecule has 2 fully saturated rings. The summed E-state index contributed by atoms with van der Waals surface area (Å²) < 4.78 is 3.94. The molecule has 3 nitrogen and oxygen atoms in total. The van der Waals surface area contributed by atoms with Crippen molar-refractivity contribution in [3.63, 3.8) is 0 Å². The maximum absolute atomic E-state index is 12.6. The van der Waals surface area contributed by atoms with Crippen molar-refractivity contribution in [2.24, 2.45) is 17.8 Å². The van der Waals surface area contributed by atoms with Gasteiger partial charge in [-0.1, -0.05) is 18.6 Å². The van der Waals surface area contributed by atoms with Crippen LogP contribution in [0.25, 0.3) is 11.0 Å². The highest BCUT2D eigenvalue weighted by Crippen LogP contribution is 2.48. The lowest BCUT2D eigenvalue weighted by atomic mass is 9.89. The van der Waals surface area contributed by atoms with E-state index < -0.39 is 0 Å². The zero-order chi connectivity index (χ0) is 13.7. The molecule has 3 unspecified atom stereocenters. The predicted octanol–water partition coefficient (Wildman–Crippen LogP) is 3.26. The van der Waals surface area contributed by atoms with Gasteiger partial charge in [0.15, 0.2) is 0 Å². The molecule has 3 atom stereocenters. The maximum atomic E-state index is 12.6. The second-order valence-electron chi connectivity index (χ2n) is 6.56. The van der Waals surface area contributed by atoms with E-state index in [0.717, 1.165) is 41.9 Å². The van der Waals surface area contributed by atoms with E-state index in [9.17, 15) is 4.79 Å². The van der Waals surface area contributed by atoms with E-state index in [1.165, 1.54) is 25.7 Å². The van der Waals surface area contributed by atoms with Crippen molar-refractivity contribution in [3.8, 4) is 0 Å². The van der Waals surface area contributed by atoms with Gasteiger partial charge < -0.3 is 0 Å². The molecule has 1 aromatic heterocycles. The van der Waals surface area contributed by atoms with Gasteiger partial charge in [-0.05, 0) is 56.1 Å². The number of aryl methyl sites for hydroxylation is 1. The lowest BCUT2D eigenvalue weighted by Gasteiger charge is -2.21.